The summed E-state index contributed by atoms with van der Waals surface area (Å²) < 4.78 is 0. The first-order valence-electron chi connectivity index (χ1n) is 8.62. The van der Waals surface area contributed by atoms with Crippen LogP contribution in [0.25, 0.3) is 0 Å². The SMILES string of the molecule is CCC(C)C(C)C(=O)N1Cc2ccccc2C#Cc2ccccc21. The maximum Gasteiger partial charge on any atom is 0.230 e. The Morgan fingerprint density at radius 3 is 2.42 bits per heavy atom. The molecule has 24 heavy (non-hydrogen) atoms. The van der Waals surface area contributed by atoms with Crippen molar-refractivity contribution in [3.8, 4) is 11.8 Å². The quantitative estimate of drug-likeness (QED) is 0.757. The summed E-state index contributed by atoms with van der Waals surface area (Å²) in [4.78, 5) is 15.1. The van der Waals surface area contributed by atoms with Crippen LogP contribution in [0.4, 0.5) is 5.69 Å². The molecule has 1 heterocycles. The van der Waals surface area contributed by atoms with Crippen molar-refractivity contribution in [2.45, 2.75) is 33.7 Å². The lowest BCUT2D eigenvalue weighted by Gasteiger charge is -2.30. The number of hydrogen-bond donors (Lipinski definition) is 0. The van der Waals surface area contributed by atoms with Gasteiger partial charge in [0, 0.05) is 17.0 Å². The number of amides is 1. The lowest BCUT2D eigenvalue weighted by atomic mass is 9.91. The number of para-hydroxylation sites is 1. The van der Waals surface area contributed by atoms with E-state index in [-0.39, 0.29) is 11.8 Å². The second-order valence-electron chi connectivity index (χ2n) is 6.52. The van der Waals surface area contributed by atoms with Crippen LogP contribution in [0.2, 0.25) is 0 Å². The van der Waals surface area contributed by atoms with Crippen molar-refractivity contribution in [3.63, 3.8) is 0 Å². The number of rotatable bonds is 3. The zero-order chi connectivity index (χ0) is 17.1. The Hall–Kier alpha value is -2.53. The van der Waals surface area contributed by atoms with Gasteiger partial charge < -0.3 is 4.90 Å². The van der Waals surface area contributed by atoms with Gasteiger partial charge in [-0.05, 0) is 29.7 Å². The van der Waals surface area contributed by atoms with Gasteiger partial charge in [0.05, 0.1) is 12.2 Å². The monoisotopic (exact) mass is 317 g/mol. The summed E-state index contributed by atoms with van der Waals surface area (Å²) in [6.45, 7) is 6.89. The van der Waals surface area contributed by atoms with E-state index in [0.717, 1.165) is 28.8 Å². The Balaban J connectivity index is 2.09. The maximum atomic E-state index is 13.2. The predicted molar refractivity (Wildman–Crippen MR) is 98.7 cm³/mol. The highest BCUT2D eigenvalue weighted by Gasteiger charge is 2.27. The van der Waals surface area contributed by atoms with E-state index in [1.54, 1.807) is 0 Å². The fourth-order valence-electron chi connectivity index (χ4n) is 3.02. The van der Waals surface area contributed by atoms with Gasteiger partial charge in [0.2, 0.25) is 5.91 Å². The molecule has 2 heteroatoms. The predicted octanol–water partition coefficient (Wildman–Crippen LogP) is 4.62. The lowest BCUT2D eigenvalue weighted by Crippen LogP contribution is -2.38. The summed E-state index contributed by atoms with van der Waals surface area (Å²) in [5, 5.41) is 0. The van der Waals surface area contributed by atoms with Crippen molar-refractivity contribution < 1.29 is 4.79 Å². The van der Waals surface area contributed by atoms with E-state index in [1.807, 2.05) is 54.3 Å². The fourth-order valence-corrected chi connectivity index (χ4v) is 3.02. The highest BCUT2D eigenvalue weighted by Crippen LogP contribution is 2.28. The van der Waals surface area contributed by atoms with E-state index in [2.05, 4.69) is 31.8 Å². The molecule has 0 saturated carbocycles. The van der Waals surface area contributed by atoms with Crippen molar-refractivity contribution in [2.75, 3.05) is 4.90 Å². The van der Waals surface area contributed by atoms with Crippen LogP contribution in [0.3, 0.4) is 0 Å². The molecule has 1 amide bonds. The topological polar surface area (TPSA) is 20.3 Å². The number of benzene rings is 2. The zero-order valence-electron chi connectivity index (χ0n) is 14.5. The Kier molecular flexibility index (Phi) is 4.71. The van der Waals surface area contributed by atoms with Crippen LogP contribution in [0, 0.1) is 23.7 Å². The molecular weight excluding hydrogens is 294 g/mol. The molecule has 0 aliphatic carbocycles. The Bertz CT molecular complexity index is 812. The number of hydrogen-bond acceptors (Lipinski definition) is 1. The molecule has 2 unspecified atom stereocenters. The molecule has 0 saturated heterocycles. The maximum absolute atomic E-state index is 13.2. The number of carbonyl (C=O) groups is 1. The second-order valence-corrected chi connectivity index (χ2v) is 6.52. The first-order valence-corrected chi connectivity index (χ1v) is 8.62. The minimum absolute atomic E-state index is 0.0115. The highest BCUT2D eigenvalue weighted by molar-refractivity contribution is 5.96. The van der Waals surface area contributed by atoms with Gasteiger partial charge in [-0.25, -0.2) is 0 Å². The van der Waals surface area contributed by atoms with Gasteiger partial charge in [0.25, 0.3) is 0 Å². The highest BCUT2D eigenvalue weighted by atomic mass is 16.2. The van der Waals surface area contributed by atoms with Crippen LogP contribution < -0.4 is 4.90 Å². The average molecular weight is 317 g/mol. The molecule has 1 aliphatic rings. The summed E-state index contributed by atoms with van der Waals surface area (Å²) in [5.74, 6) is 7.02. The molecule has 0 aromatic heterocycles. The first-order chi connectivity index (χ1) is 11.6. The molecule has 0 radical (unpaired) electrons. The van der Waals surface area contributed by atoms with Crippen molar-refractivity contribution in [1.82, 2.24) is 0 Å². The summed E-state index contributed by atoms with van der Waals surface area (Å²) in [5.41, 5.74) is 3.93. The van der Waals surface area contributed by atoms with Gasteiger partial charge in [-0.1, -0.05) is 69.4 Å². The van der Waals surface area contributed by atoms with E-state index in [0.29, 0.717) is 12.5 Å². The third-order valence-electron chi connectivity index (χ3n) is 5.03. The van der Waals surface area contributed by atoms with Crippen LogP contribution in [0.15, 0.2) is 48.5 Å². The van der Waals surface area contributed by atoms with Gasteiger partial charge in [0.1, 0.15) is 0 Å². The largest absolute Gasteiger partial charge is 0.306 e. The number of anilines is 1. The van der Waals surface area contributed by atoms with Gasteiger partial charge in [-0.3, -0.25) is 4.79 Å². The average Bonchev–Trinajstić information content (AvgIpc) is 2.61. The van der Waals surface area contributed by atoms with Gasteiger partial charge in [-0.2, -0.15) is 0 Å². The van der Waals surface area contributed by atoms with Gasteiger partial charge in [-0.15, -0.1) is 0 Å². The van der Waals surface area contributed by atoms with Crippen molar-refractivity contribution in [1.29, 1.82) is 0 Å². The van der Waals surface area contributed by atoms with Crippen LogP contribution in [-0.2, 0) is 11.3 Å². The van der Waals surface area contributed by atoms with E-state index < -0.39 is 0 Å². The summed E-state index contributed by atoms with van der Waals surface area (Å²) in [6.07, 6.45) is 0.999. The molecular formula is C22H23NO. The third-order valence-corrected chi connectivity index (χ3v) is 5.03. The van der Waals surface area contributed by atoms with Crippen LogP contribution >= 0.6 is 0 Å². The first kappa shape index (κ1) is 16.3. The van der Waals surface area contributed by atoms with Gasteiger partial charge >= 0.3 is 0 Å². The molecule has 3 rings (SSSR count). The molecule has 1 aliphatic heterocycles. The van der Waals surface area contributed by atoms with E-state index >= 15 is 0 Å². The van der Waals surface area contributed by atoms with E-state index in [1.165, 1.54) is 0 Å². The van der Waals surface area contributed by atoms with Crippen LogP contribution in [0.1, 0.15) is 43.9 Å². The van der Waals surface area contributed by atoms with Crippen molar-refractivity contribution in [2.24, 2.45) is 11.8 Å². The Morgan fingerprint density at radius 1 is 1.04 bits per heavy atom. The zero-order valence-corrected chi connectivity index (χ0v) is 14.5. The van der Waals surface area contributed by atoms with E-state index in [4.69, 9.17) is 0 Å². The molecule has 2 aromatic carbocycles. The summed E-state index contributed by atoms with van der Waals surface area (Å²) in [7, 11) is 0. The standard InChI is InChI=1S/C22H23NO/c1-4-16(2)17(3)22(24)23-15-20-11-6-5-9-18(20)13-14-19-10-7-8-12-21(19)23/h5-12,16-17H,4,15H2,1-3H3. The minimum Gasteiger partial charge on any atom is -0.306 e. The molecule has 0 spiro atoms. The number of fused-ring (bicyclic) bond motifs is 2. The Labute approximate surface area is 144 Å². The second kappa shape index (κ2) is 6.93. The van der Waals surface area contributed by atoms with Crippen molar-refractivity contribution >= 4 is 11.6 Å². The van der Waals surface area contributed by atoms with Crippen molar-refractivity contribution in [3.05, 3.63) is 65.2 Å². The number of carbonyl (C=O) groups excluding carboxylic acids is 1. The fraction of sp³-hybridized carbons (Fsp3) is 0.318. The Morgan fingerprint density at radius 2 is 1.67 bits per heavy atom. The van der Waals surface area contributed by atoms with E-state index in [9.17, 15) is 4.79 Å². The molecule has 2 nitrogen and oxygen atoms in total. The van der Waals surface area contributed by atoms with Gasteiger partial charge in [0.15, 0.2) is 0 Å². The molecule has 2 aromatic rings. The molecule has 0 N–H and O–H groups in total. The summed E-state index contributed by atoms with van der Waals surface area (Å²) in [6, 6.07) is 16.0. The molecule has 0 fully saturated rings. The minimum atomic E-state index is -0.0115. The van der Waals surface area contributed by atoms with Crippen LogP contribution in [-0.4, -0.2) is 5.91 Å². The number of nitrogens with zero attached hydrogens (tertiary/aromatic N) is 1. The molecule has 2 atom stereocenters. The van der Waals surface area contributed by atoms with Crippen LogP contribution in [0.5, 0.6) is 0 Å². The molecule has 122 valence electrons. The smallest absolute Gasteiger partial charge is 0.230 e. The lowest BCUT2D eigenvalue weighted by molar-refractivity contribution is -0.123. The normalized spacial score (nSPS) is 15.0. The third kappa shape index (κ3) is 3.08. The summed E-state index contributed by atoms with van der Waals surface area (Å²) >= 11 is 0. The molecule has 0 bridgehead atoms.